The fourth-order valence-corrected chi connectivity index (χ4v) is 5.33. The molecule has 3 rings (SSSR count). The van der Waals surface area contributed by atoms with Gasteiger partial charge in [0, 0.05) is 19.2 Å². The maximum Gasteiger partial charge on any atom is 0.243 e. The summed E-state index contributed by atoms with van der Waals surface area (Å²) in [4.78, 5) is 15.4. The average Bonchev–Trinajstić information content (AvgIpc) is 3.30. The van der Waals surface area contributed by atoms with E-state index in [1.54, 1.807) is 25.1 Å². The molecule has 8 nitrogen and oxygen atoms in total. The number of sulfonamides is 1. The van der Waals surface area contributed by atoms with Gasteiger partial charge in [-0.25, -0.2) is 8.42 Å². The van der Waals surface area contributed by atoms with Crippen molar-refractivity contribution in [1.29, 1.82) is 0 Å². The van der Waals surface area contributed by atoms with Gasteiger partial charge in [0.15, 0.2) is 11.5 Å². The SMILES string of the molecule is COc1ccc(N([C@@H](C)C(=O)NCc2ccccc2CN2CCCC2)S(C)(=O)=O)cc1OC. The fraction of sp³-hybridized carbons (Fsp3) is 0.458. The van der Waals surface area contributed by atoms with Gasteiger partial charge < -0.3 is 14.8 Å². The van der Waals surface area contributed by atoms with Crippen LogP contribution in [0.2, 0.25) is 0 Å². The van der Waals surface area contributed by atoms with Crippen LogP contribution in [0.5, 0.6) is 11.5 Å². The number of carbonyl (C=O) groups excluding carboxylic acids is 1. The molecule has 33 heavy (non-hydrogen) atoms. The van der Waals surface area contributed by atoms with Crippen LogP contribution in [-0.4, -0.2) is 58.8 Å². The van der Waals surface area contributed by atoms with E-state index in [2.05, 4.69) is 16.3 Å². The monoisotopic (exact) mass is 475 g/mol. The predicted molar refractivity (Wildman–Crippen MR) is 129 cm³/mol. The van der Waals surface area contributed by atoms with E-state index in [-0.39, 0.29) is 5.91 Å². The molecular formula is C24H33N3O5S. The predicted octanol–water partition coefficient (Wildman–Crippen LogP) is 2.77. The maximum atomic E-state index is 13.0. The number of hydrogen-bond acceptors (Lipinski definition) is 6. The summed E-state index contributed by atoms with van der Waals surface area (Å²) in [7, 11) is -0.766. The second-order valence-electron chi connectivity index (χ2n) is 8.24. The Morgan fingerprint density at radius 2 is 1.70 bits per heavy atom. The summed E-state index contributed by atoms with van der Waals surface area (Å²) in [6, 6.07) is 11.8. The second kappa shape index (κ2) is 10.9. The van der Waals surface area contributed by atoms with Crippen molar-refractivity contribution in [1.82, 2.24) is 10.2 Å². The van der Waals surface area contributed by atoms with Crippen molar-refractivity contribution < 1.29 is 22.7 Å². The first kappa shape index (κ1) is 24.9. The summed E-state index contributed by atoms with van der Waals surface area (Å²) in [5.41, 5.74) is 2.53. The Morgan fingerprint density at radius 3 is 2.30 bits per heavy atom. The third-order valence-corrected chi connectivity index (χ3v) is 7.12. The quantitative estimate of drug-likeness (QED) is 0.569. The van der Waals surface area contributed by atoms with Gasteiger partial charge >= 0.3 is 0 Å². The van der Waals surface area contributed by atoms with Crippen molar-refractivity contribution in [2.45, 2.75) is 38.9 Å². The Labute approximate surface area is 196 Å². The standard InChI is InChI=1S/C24H33N3O5S/c1-18(27(33(4,29)30)21-11-12-22(31-2)23(15-21)32-3)24(28)25-16-19-9-5-6-10-20(19)17-26-13-7-8-14-26/h5-6,9-12,15,18H,7-8,13-14,16-17H2,1-4H3,(H,25,28)/t18-/m0/s1. The minimum absolute atomic E-state index is 0.326. The molecular weight excluding hydrogens is 442 g/mol. The molecule has 1 N–H and O–H groups in total. The van der Waals surface area contributed by atoms with Crippen molar-refractivity contribution in [2.75, 3.05) is 37.9 Å². The summed E-state index contributed by atoms with van der Waals surface area (Å²) >= 11 is 0. The minimum Gasteiger partial charge on any atom is -0.493 e. The molecule has 1 aliphatic heterocycles. The fourth-order valence-electron chi connectivity index (χ4n) is 4.17. The summed E-state index contributed by atoms with van der Waals surface area (Å²) in [5, 5.41) is 2.92. The number of ether oxygens (including phenoxy) is 2. The van der Waals surface area contributed by atoms with Crippen LogP contribution in [0.3, 0.4) is 0 Å². The van der Waals surface area contributed by atoms with Crippen LogP contribution < -0.4 is 19.1 Å². The van der Waals surface area contributed by atoms with Gasteiger partial charge in [0.05, 0.1) is 26.2 Å². The Kier molecular flexibility index (Phi) is 8.20. The zero-order valence-electron chi connectivity index (χ0n) is 19.7. The zero-order chi connectivity index (χ0) is 24.0. The Balaban J connectivity index is 1.76. The number of likely N-dealkylation sites (tertiary alicyclic amines) is 1. The van der Waals surface area contributed by atoms with Gasteiger partial charge in [-0.05, 0) is 56.1 Å². The highest BCUT2D eigenvalue weighted by molar-refractivity contribution is 7.92. The van der Waals surface area contributed by atoms with E-state index < -0.39 is 16.1 Å². The average molecular weight is 476 g/mol. The van der Waals surface area contributed by atoms with Crippen molar-refractivity contribution in [2.24, 2.45) is 0 Å². The van der Waals surface area contributed by atoms with E-state index in [4.69, 9.17) is 9.47 Å². The van der Waals surface area contributed by atoms with Gasteiger partial charge in [-0.2, -0.15) is 0 Å². The van der Waals surface area contributed by atoms with E-state index in [1.807, 2.05) is 18.2 Å². The van der Waals surface area contributed by atoms with Gasteiger partial charge in [-0.1, -0.05) is 24.3 Å². The van der Waals surface area contributed by atoms with Gasteiger partial charge in [-0.3, -0.25) is 14.0 Å². The number of amides is 1. The zero-order valence-corrected chi connectivity index (χ0v) is 20.5. The van der Waals surface area contributed by atoms with Gasteiger partial charge in [0.1, 0.15) is 6.04 Å². The third-order valence-electron chi connectivity index (χ3n) is 5.87. The molecule has 1 amide bonds. The molecule has 1 fully saturated rings. The van der Waals surface area contributed by atoms with Crippen LogP contribution in [0.4, 0.5) is 5.69 Å². The lowest BCUT2D eigenvalue weighted by atomic mass is 10.1. The topological polar surface area (TPSA) is 88.2 Å². The molecule has 0 aromatic heterocycles. The highest BCUT2D eigenvalue weighted by atomic mass is 32.2. The number of nitrogens with zero attached hydrogens (tertiary/aromatic N) is 2. The van der Waals surface area contributed by atoms with Crippen LogP contribution >= 0.6 is 0 Å². The summed E-state index contributed by atoms with van der Waals surface area (Å²) in [6.45, 7) is 4.93. The summed E-state index contributed by atoms with van der Waals surface area (Å²) in [5.74, 6) is 0.472. The van der Waals surface area contributed by atoms with Crippen LogP contribution in [0.25, 0.3) is 0 Å². The lowest BCUT2D eigenvalue weighted by Gasteiger charge is -2.29. The van der Waals surface area contributed by atoms with Crippen molar-refractivity contribution in [3.05, 3.63) is 53.6 Å². The summed E-state index contributed by atoms with van der Waals surface area (Å²) in [6.07, 6.45) is 3.51. The van der Waals surface area contributed by atoms with Crippen LogP contribution in [-0.2, 0) is 27.9 Å². The van der Waals surface area contributed by atoms with Crippen molar-refractivity contribution >= 4 is 21.6 Å². The molecule has 0 radical (unpaired) electrons. The number of hydrogen-bond donors (Lipinski definition) is 1. The highest BCUT2D eigenvalue weighted by Crippen LogP contribution is 2.33. The minimum atomic E-state index is -3.74. The maximum absolute atomic E-state index is 13.0. The van der Waals surface area contributed by atoms with Crippen molar-refractivity contribution in [3.63, 3.8) is 0 Å². The molecule has 0 unspecified atom stereocenters. The van der Waals surface area contributed by atoms with Gasteiger partial charge in [0.25, 0.3) is 0 Å². The van der Waals surface area contributed by atoms with Crippen LogP contribution in [0.15, 0.2) is 42.5 Å². The number of nitrogens with one attached hydrogen (secondary N) is 1. The lowest BCUT2D eigenvalue weighted by molar-refractivity contribution is -0.122. The smallest absolute Gasteiger partial charge is 0.243 e. The molecule has 0 saturated carbocycles. The molecule has 180 valence electrons. The number of benzene rings is 2. The van der Waals surface area contributed by atoms with Crippen molar-refractivity contribution in [3.8, 4) is 11.5 Å². The van der Waals surface area contributed by atoms with Gasteiger partial charge in [0.2, 0.25) is 15.9 Å². The normalized spacial score (nSPS) is 15.2. The number of carbonyl (C=O) groups is 1. The van der Waals surface area contributed by atoms with E-state index in [9.17, 15) is 13.2 Å². The Bertz CT molecular complexity index is 1070. The summed E-state index contributed by atoms with van der Waals surface area (Å²) < 4.78 is 36.9. The first-order valence-electron chi connectivity index (χ1n) is 11.0. The largest absolute Gasteiger partial charge is 0.493 e. The molecule has 1 saturated heterocycles. The molecule has 2 aromatic carbocycles. The first-order valence-corrected chi connectivity index (χ1v) is 12.9. The molecule has 9 heteroatoms. The highest BCUT2D eigenvalue weighted by Gasteiger charge is 2.30. The Hall–Kier alpha value is -2.78. The number of rotatable bonds is 10. The number of anilines is 1. The lowest BCUT2D eigenvalue weighted by Crippen LogP contribution is -2.47. The van der Waals surface area contributed by atoms with E-state index in [0.717, 1.165) is 35.8 Å². The van der Waals surface area contributed by atoms with E-state index in [0.29, 0.717) is 23.7 Å². The van der Waals surface area contributed by atoms with Crippen LogP contribution in [0, 0.1) is 0 Å². The molecule has 1 aliphatic rings. The second-order valence-corrected chi connectivity index (χ2v) is 10.1. The van der Waals surface area contributed by atoms with E-state index in [1.165, 1.54) is 32.6 Å². The number of methoxy groups -OCH3 is 2. The van der Waals surface area contributed by atoms with Gasteiger partial charge in [-0.15, -0.1) is 0 Å². The molecule has 0 bridgehead atoms. The third kappa shape index (κ3) is 6.17. The van der Waals surface area contributed by atoms with E-state index >= 15 is 0 Å². The first-order chi connectivity index (χ1) is 15.7. The molecule has 0 spiro atoms. The molecule has 1 atom stereocenters. The molecule has 2 aromatic rings. The molecule has 1 heterocycles. The van der Waals surface area contributed by atoms with Crippen LogP contribution in [0.1, 0.15) is 30.9 Å². The molecule has 0 aliphatic carbocycles. The Morgan fingerprint density at radius 1 is 1.06 bits per heavy atom.